The molecule has 1 unspecified atom stereocenters. The van der Waals surface area contributed by atoms with Gasteiger partial charge >= 0.3 is 5.97 Å². The van der Waals surface area contributed by atoms with E-state index in [2.05, 4.69) is 10.3 Å². The van der Waals surface area contributed by atoms with E-state index < -0.39 is 23.5 Å². The van der Waals surface area contributed by atoms with E-state index >= 15 is 0 Å². The fourth-order valence-corrected chi connectivity index (χ4v) is 3.41. The minimum Gasteiger partial charge on any atom is -0.456 e. The molecule has 2 fully saturated rings. The average Bonchev–Trinajstić information content (AvgIpc) is 2.80. The number of nitrogens with zero attached hydrogens (tertiary/aromatic N) is 3. The minimum absolute atomic E-state index is 0.0799. The number of hydrogen-bond acceptors (Lipinski definition) is 7. The number of aromatic nitrogens is 1. The third-order valence-corrected chi connectivity index (χ3v) is 4.79. The van der Waals surface area contributed by atoms with Gasteiger partial charge in [-0.3, -0.25) is 19.7 Å². The van der Waals surface area contributed by atoms with Crippen LogP contribution in [0.1, 0.15) is 50.4 Å². The van der Waals surface area contributed by atoms with E-state index in [1.807, 2.05) is 0 Å². The Labute approximate surface area is 169 Å². The molecule has 9 nitrogen and oxygen atoms in total. The number of nitrogens with one attached hydrogen (secondary N) is 1. The Balaban J connectivity index is 1.63. The molecule has 9 heteroatoms. The fraction of sp³-hybridized carbons (Fsp3) is 0.550. The van der Waals surface area contributed by atoms with Gasteiger partial charge in [0.1, 0.15) is 17.5 Å². The molecule has 1 N–H and O–H groups in total. The molecule has 3 amide bonds. The summed E-state index contributed by atoms with van der Waals surface area (Å²) in [6.07, 6.45) is 2.78. The highest BCUT2D eigenvalue weighted by atomic mass is 16.6. The van der Waals surface area contributed by atoms with E-state index in [1.54, 1.807) is 42.7 Å². The highest BCUT2D eigenvalue weighted by Crippen LogP contribution is 2.20. The maximum atomic E-state index is 12.7. The van der Waals surface area contributed by atoms with Crippen molar-refractivity contribution in [1.29, 1.82) is 0 Å². The third-order valence-electron chi connectivity index (χ3n) is 4.79. The summed E-state index contributed by atoms with van der Waals surface area (Å²) in [5.41, 5.74) is -0.249. The molecule has 1 aromatic rings. The lowest BCUT2D eigenvalue weighted by Crippen LogP contribution is -2.58. The molecule has 1 aromatic heterocycles. The fourth-order valence-electron chi connectivity index (χ4n) is 3.41. The molecule has 156 valence electrons. The van der Waals surface area contributed by atoms with Gasteiger partial charge in [-0.2, -0.15) is 0 Å². The number of imide groups is 1. The van der Waals surface area contributed by atoms with Crippen molar-refractivity contribution in [3.8, 4) is 0 Å². The molecule has 0 radical (unpaired) electrons. The van der Waals surface area contributed by atoms with Gasteiger partial charge in [0.05, 0.1) is 12.1 Å². The van der Waals surface area contributed by atoms with Crippen LogP contribution in [-0.2, 0) is 19.1 Å². The topological polar surface area (TPSA) is 109 Å². The summed E-state index contributed by atoms with van der Waals surface area (Å²) >= 11 is 0. The van der Waals surface area contributed by atoms with Crippen molar-refractivity contribution in [2.75, 3.05) is 24.5 Å². The predicted molar refractivity (Wildman–Crippen MR) is 104 cm³/mol. The smallest absolute Gasteiger partial charge is 0.340 e. The molecule has 2 saturated heterocycles. The number of carbonyl (C=O) groups is 4. The van der Waals surface area contributed by atoms with Crippen molar-refractivity contribution in [1.82, 2.24) is 15.2 Å². The van der Waals surface area contributed by atoms with Gasteiger partial charge in [0.25, 0.3) is 0 Å². The van der Waals surface area contributed by atoms with Crippen LogP contribution < -0.4 is 10.2 Å². The van der Waals surface area contributed by atoms with Gasteiger partial charge in [-0.1, -0.05) is 0 Å². The zero-order chi connectivity index (χ0) is 21.2. The minimum atomic E-state index is -0.612. The second kappa shape index (κ2) is 8.18. The van der Waals surface area contributed by atoms with Gasteiger partial charge in [-0.25, -0.2) is 9.78 Å². The van der Waals surface area contributed by atoms with Crippen molar-refractivity contribution in [3.05, 3.63) is 23.9 Å². The Bertz CT molecular complexity index is 815. The van der Waals surface area contributed by atoms with Crippen LogP contribution >= 0.6 is 0 Å². The SMILES string of the molecule is CC(C)(C)OC(=O)c1ccc(N2CCN(C3CCCC(=O)NC3=O)C(=O)C2)nc1. The first-order chi connectivity index (χ1) is 13.6. The number of hydrogen-bond donors (Lipinski definition) is 1. The van der Waals surface area contributed by atoms with Crippen LogP contribution in [0.5, 0.6) is 0 Å². The van der Waals surface area contributed by atoms with Crippen LogP contribution in [0.3, 0.4) is 0 Å². The van der Waals surface area contributed by atoms with E-state index in [0.717, 1.165) is 0 Å². The number of pyridine rings is 1. The van der Waals surface area contributed by atoms with Crippen molar-refractivity contribution in [3.63, 3.8) is 0 Å². The van der Waals surface area contributed by atoms with Gasteiger partial charge in [-0.15, -0.1) is 0 Å². The van der Waals surface area contributed by atoms with Gasteiger partial charge in [0, 0.05) is 25.7 Å². The Morgan fingerprint density at radius 3 is 2.59 bits per heavy atom. The number of rotatable bonds is 3. The molecule has 29 heavy (non-hydrogen) atoms. The first-order valence-electron chi connectivity index (χ1n) is 9.71. The molecule has 0 aromatic carbocycles. The van der Waals surface area contributed by atoms with Gasteiger partial charge in [0.2, 0.25) is 17.7 Å². The molecular weight excluding hydrogens is 376 g/mol. The third kappa shape index (κ3) is 5.10. The summed E-state index contributed by atoms with van der Waals surface area (Å²) in [5.74, 6) is -0.770. The van der Waals surface area contributed by atoms with Crippen LogP contribution in [0.4, 0.5) is 5.82 Å². The molecule has 1 atom stereocenters. The van der Waals surface area contributed by atoms with Crippen LogP contribution in [-0.4, -0.2) is 64.9 Å². The first kappa shape index (κ1) is 20.8. The lowest BCUT2D eigenvalue weighted by atomic mass is 10.1. The summed E-state index contributed by atoms with van der Waals surface area (Å²) in [5, 5.41) is 2.34. The molecule has 2 aliphatic rings. The van der Waals surface area contributed by atoms with Crippen molar-refractivity contribution in [2.24, 2.45) is 0 Å². The number of piperazine rings is 1. The summed E-state index contributed by atoms with van der Waals surface area (Å²) in [6, 6.07) is 2.69. The van der Waals surface area contributed by atoms with Crippen LogP contribution in [0.25, 0.3) is 0 Å². The molecular formula is C20H26N4O5. The molecule has 0 aliphatic carbocycles. The van der Waals surface area contributed by atoms with Gasteiger partial charge in [0.15, 0.2) is 0 Å². The number of amides is 3. The molecule has 2 aliphatic heterocycles. The maximum absolute atomic E-state index is 12.7. The Morgan fingerprint density at radius 1 is 1.21 bits per heavy atom. The first-order valence-corrected chi connectivity index (χ1v) is 9.71. The standard InChI is InChI=1S/C20H26N4O5/c1-20(2,3)29-19(28)13-7-8-15(21-11-13)23-9-10-24(17(26)12-23)14-5-4-6-16(25)22-18(14)27/h7-8,11,14H,4-6,9-10,12H2,1-3H3,(H,22,25,27). The van der Waals surface area contributed by atoms with E-state index in [9.17, 15) is 19.2 Å². The van der Waals surface area contributed by atoms with Crippen LogP contribution in [0, 0.1) is 0 Å². The largest absolute Gasteiger partial charge is 0.456 e. The highest BCUT2D eigenvalue weighted by Gasteiger charge is 2.35. The lowest BCUT2D eigenvalue weighted by Gasteiger charge is -2.38. The zero-order valence-corrected chi connectivity index (χ0v) is 16.9. The Kier molecular flexibility index (Phi) is 5.86. The average molecular weight is 402 g/mol. The highest BCUT2D eigenvalue weighted by molar-refractivity contribution is 6.00. The Morgan fingerprint density at radius 2 is 1.97 bits per heavy atom. The monoisotopic (exact) mass is 402 g/mol. The lowest BCUT2D eigenvalue weighted by molar-refractivity contribution is -0.142. The second-order valence-corrected chi connectivity index (χ2v) is 8.24. The molecule has 0 bridgehead atoms. The summed E-state index contributed by atoms with van der Waals surface area (Å²) in [6.45, 7) is 6.33. The molecule has 0 spiro atoms. The number of ether oxygens (including phenoxy) is 1. The van der Waals surface area contributed by atoms with Crippen molar-refractivity contribution >= 4 is 29.5 Å². The zero-order valence-electron chi connectivity index (χ0n) is 16.9. The summed E-state index contributed by atoms with van der Waals surface area (Å²) in [4.78, 5) is 56.1. The Hall–Kier alpha value is -2.97. The van der Waals surface area contributed by atoms with E-state index in [0.29, 0.717) is 43.7 Å². The number of esters is 1. The van der Waals surface area contributed by atoms with Crippen molar-refractivity contribution in [2.45, 2.75) is 51.7 Å². The maximum Gasteiger partial charge on any atom is 0.340 e. The second-order valence-electron chi connectivity index (χ2n) is 8.24. The van der Waals surface area contributed by atoms with Crippen LogP contribution in [0.15, 0.2) is 18.3 Å². The van der Waals surface area contributed by atoms with Gasteiger partial charge < -0.3 is 14.5 Å². The van der Waals surface area contributed by atoms with E-state index in [1.165, 1.54) is 6.20 Å². The molecule has 3 heterocycles. The number of carbonyl (C=O) groups excluding carboxylic acids is 4. The van der Waals surface area contributed by atoms with E-state index in [4.69, 9.17) is 4.74 Å². The molecule has 3 rings (SSSR count). The van der Waals surface area contributed by atoms with E-state index in [-0.39, 0.29) is 18.4 Å². The van der Waals surface area contributed by atoms with Crippen molar-refractivity contribution < 1.29 is 23.9 Å². The normalized spacial score (nSPS) is 20.9. The van der Waals surface area contributed by atoms with Crippen LogP contribution in [0.2, 0.25) is 0 Å². The predicted octanol–water partition coefficient (Wildman–Crippen LogP) is 0.881. The summed E-state index contributed by atoms with van der Waals surface area (Å²) in [7, 11) is 0. The number of anilines is 1. The quantitative estimate of drug-likeness (QED) is 0.590. The molecule has 0 saturated carbocycles. The van der Waals surface area contributed by atoms with Gasteiger partial charge in [-0.05, 0) is 45.7 Å². The summed E-state index contributed by atoms with van der Waals surface area (Å²) < 4.78 is 5.32.